The Labute approximate surface area is 266 Å². The molecule has 0 aromatic heterocycles. The molecule has 0 saturated heterocycles. The molecule has 2 aliphatic heterocycles. The molecular weight excluding hydrogens is 621 g/mol. The molecule has 0 aliphatic carbocycles. The summed E-state index contributed by atoms with van der Waals surface area (Å²) in [5.74, 6) is -4.22. The number of rotatable bonds is 4. The van der Waals surface area contributed by atoms with E-state index in [1.54, 1.807) is 24.3 Å². The van der Waals surface area contributed by atoms with Crippen molar-refractivity contribution >= 4 is 51.8 Å². The molecule has 2 aliphatic rings. The Hall–Kier alpha value is -5.79. The van der Waals surface area contributed by atoms with Crippen molar-refractivity contribution in [2.24, 2.45) is 0 Å². The molecule has 4 bridgehead atoms. The minimum Gasteiger partial charge on any atom is -0.481 e. The van der Waals surface area contributed by atoms with Gasteiger partial charge in [-0.15, -0.1) is 0 Å². The highest BCUT2D eigenvalue weighted by molar-refractivity contribution is 5.95. The first-order valence-electron chi connectivity index (χ1n) is 14.2. The van der Waals surface area contributed by atoms with Crippen LogP contribution in [0.1, 0.15) is 40.8 Å². The van der Waals surface area contributed by atoms with E-state index in [1.165, 1.54) is 0 Å². The standard InChI is InChI=1S/C31H30N4O5.C2HF3O2/c1-18-14-22-9-8-19(18)12-13-40-31(39)34-23-6-2-5-21(16-23)27(17-28(36)37)35-30(38)29(22)33-24-10-11-25-20(15-24)4-3-7-26(25)32;3-2(4,5)1(6)7/h2-11,14-16,27,29,33H,12-13,17,32H2,1H3,(H,34,39)(H,35,38)(H,36,37);(H,6,7). The summed E-state index contributed by atoms with van der Waals surface area (Å²) in [4.78, 5) is 46.9. The summed E-state index contributed by atoms with van der Waals surface area (Å²) in [5.41, 5.74) is 11.1. The van der Waals surface area contributed by atoms with E-state index in [9.17, 15) is 32.7 Å². The monoisotopic (exact) mass is 652 g/mol. The lowest BCUT2D eigenvalue weighted by molar-refractivity contribution is -0.192. The van der Waals surface area contributed by atoms with Gasteiger partial charge in [0.1, 0.15) is 6.04 Å². The molecule has 2 atom stereocenters. The van der Waals surface area contributed by atoms with Crippen LogP contribution < -0.4 is 21.7 Å². The summed E-state index contributed by atoms with van der Waals surface area (Å²) in [6, 6.07) is 22.1. The quantitative estimate of drug-likeness (QED) is 0.145. The minimum absolute atomic E-state index is 0.176. The molecule has 0 fully saturated rings. The van der Waals surface area contributed by atoms with Gasteiger partial charge in [-0.3, -0.25) is 14.9 Å². The number of benzene rings is 4. The molecule has 14 heteroatoms. The highest BCUT2D eigenvalue weighted by Gasteiger charge is 2.38. The summed E-state index contributed by atoms with van der Waals surface area (Å²) in [7, 11) is 0. The number of anilines is 3. The summed E-state index contributed by atoms with van der Waals surface area (Å²) in [6.45, 7) is 2.11. The lowest BCUT2D eigenvalue weighted by Gasteiger charge is -2.25. The van der Waals surface area contributed by atoms with E-state index < -0.39 is 42.2 Å². The van der Waals surface area contributed by atoms with Crippen LogP contribution in [0, 0.1) is 6.92 Å². The van der Waals surface area contributed by atoms with E-state index in [-0.39, 0.29) is 13.0 Å². The SMILES string of the molecule is Cc1cc2ccc1CCOC(=O)Nc1cccc(c1)C(CC(=O)O)NC(=O)C2Nc1ccc2c(N)cccc2c1.O=C(O)C(F)(F)F. The highest BCUT2D eigenvalue weighted by Crippen LogP contribution is 2.29. The van der Waals surface area contributed by atoms with Crippen molar-refractivity contribution in [2.45, 2.75) is 38.0 Å². The number of nitrogens with two attached hydrogens (primary N) is 1. The van der Waals surface area contributed by atoms with Gasteiger partial charge in [-0.1, -0.05) is 48.5 Å². The maximum Gasteiger partial charge on any atom is 0.490 e. The van der Waals surface area contributed by atoms with Crippen LogP contribution in [0.25, 0.3) is 10.8 Å². The van der Waals surface area contributed by atoms with E-state index in [0.717, 1.165) is 21.9 Å². The van der Waals surface area contributed by atoms with Gasteiger partial charge in [0.2, 0.25) is 5.91 Å². The summed E-state index contributed by atoms with van der Waals surface area (Å²) in [6.07, 6.45) is -5.53. The fourth-order valence-corrected chi connectivity index (χ4v) is 4.97. The number of carboxylic acids is 2. The molecule has 2 heterocycles. The molecule has 2 amide bonds. The first kappa shape index (κ1) is 34.1. The van der Waals surface area contributed by atoms with Crippen molar-refractivity contribution in [2.75, 3.05) is 23.0 Å². The zero-order valence-electron chi connectivity index (χ0n) is 24.9. The van der Waals surface area contributed by atoms with Gasteiger partial charge in [0.15, 0.2) is 0 Å². The Bertz CT molecular complexity index is 1810. The van der Waals surface area contributed by atoms with E-state index in [1.807, 2.05) is 61.5 Å². The fourth-order valence-electron chi connectivity index (χ4n) is 4.97. The number of alkyl halides is 3. The predicted molar refractivity (Wildman–Crippen MR) is 168 cm³/mol. The van der Waals surface area contributed by atoms with Crippen molar-refractivity contribution in [1.29, 1.82) is 0 Å². The molecule has 6 rings (SSSR count). The Kier molecular flexibility index (Phi) is 10.5. The van der Waals surface area contributed by atoms with Crippen LogP contribution in [0.4, 0.5) is 35.0 Å². The second-order valence-electron chi connectivity index (χ2n) is 10.6. The molecule has 0 saturated carbocycles. The Balaban J connectivity index is 0.000000644. The van der Waals surface area contributed by atoms with Gasteiger partial charge in [-0.05, 0) is 64.9 Å². The Morgan fingerprint density at radius 2 is 1.70 bits per heavy atom. The zero-order valence-corrected chi connectivity index (χ0v) is 24.9. The number of carbonyl (C=O) groups is 4. The number of carbonyl (C=O) groups excluding carboxylic acids is 2. The average molecular weight is 653 g/mol. The number of fused-ring (bicyclic) bond motifs is 10. The van der Waals surface area contributed by atoms with Crippen LogP contribution >= 0.6 is 0 Å². The van der Waals surface area contributed by atoms with Crippen LogP contribution in [0.5, 0.6) is 0 Å². The molecule has 2 unspecified atom stereocenters. The van der Waals surface area contributed by atoms with Gasteiger partial charge in [0.05, 0.1) is 19.1 Å². The second-order valence-corrected chi connectivity index (χ2v) is 10.6. The molecule has 246 valence electrons. The van der Waals surface area contributed by atoms with Crippen molar-refractivity contribution in [3.63, 3.8) is 0 Å². The Morgan fingerprint density at radius 1 is 0.979 bits per heavy atom. The van der Waals surface area contributed by atoms with Gasteiger partial charge in [0.25, 0.3) is 0 Å². The third-order valence-corrected chi connectivity index (χ3v) is 7.27. The van der Waals surface area contributed by atoms with Crippen molar-refractivity contribution in [3.05, 3.63) is 101 Å². The van der Waals surface area contributed by atoms with Gasteiger partial charge in [-0.2, -0.15) is 13.2 Å². The fraction of sp³-hybridized carbons (Fsp3) is 0.212. The van der Waals surface area contributed by atoms with Crippen LogP contribution in [0.15, 0.2) is 78.9 Å². The van der Waals surface area contributed by atoms with Crippen LogP contribution in [0.3, 0.4) is 0 Å². The van der Waals surface area contributed by atoms with Gasteiger partial charge in [0, 0.05) is 28.9 Å². The highest BCUT2D eigenvalue weighted by atomic mass is 19.4. The normalized spacial score (nSPS) is 16.6. The van der Waals surface area contributed by atoms with Crippen molar-refractivity contribution < 1.29 is 47.3 Å². The number of nitrogen functional groups attached to an aromatic ring is 1. The molecule has 4 aromatic carbocycles. The predicted octanol–water partition coefficient (Wildman–Crippen LogP) is 5.95. The molecule has 0 radical (unpaired) electrons. The zero-order chi connectivity index (χ0) is 34.3. The van der Waals surface area contributed by atoms with E-state index >= 15 is 0 Å². The van der Waals surface area contributed by atoms with Gasteiger partial charge >= 0.3 is 24.2 Å². The number of hydrogen-bond acceptors (Lipinski definition) is 7. The van der Waals surface area contributed by atoms with Crippen LogP contribution in [-0.2, 0) is 25.5 Å². The topological polar surface area (TPSA) is 180 Å². The Morgan fingerprint density at radius 3 is 2.38 bits per heavy atom. The van der Waals surface area contributed by atoms with E-state index in [4.69, 9.17) is 20.4 Å². The van der Waals surface area contributed by atoms with E-state index in [2.05, 4.69) is 16.0 Å². The molecule has 47 heavy (non-hydrogen) atoms. The molecule has 11 nitrogen and oxygen atoms in total. The first-order valence-corrected chi connectivity index (χ1v) is 14.2. The summed E-state index contributed by atoms with van der Waals surface area (Å²) >= 11 is 0. The smallest absolute Gasteiger partial charge is 0.481 e. The van der Waals surface area contributed by atoms with Gasteiger partial charge in [-0.25, -0.2) is 9.59 Å². The number of carboxylic acid groups (broad SMARTS) is 2. The molecule has 7 N–H and O–H groups in total. The van der Waals surface area contributed by atoms with Crippen LogP contribution in [0.2, 0.25) is 0 Å². The largest absolute Gasteiger partial charge is 0.490 e. The minimum atomic E-state index is -5.08. The van der Waals surface area contributed by atoms with Crippen molar-refractivity contribution in [3.8, 4) is 0 Å². The van der Waals surface area contributed by atoms with Crippen LogP contribution in [-0.4, -0.2) is 46.9 Å². The lowest BCUT2D eigenvalue weighted by atomic mass is 9.96. The average Bonchev–Trinajstić information content (AvgIpc) is 2.99. The number of hydrogen-bond donors (Lipinski definition) is 6. The number of halogens is 3. The third kappa shape index (κ3) is 9.12. The van der Waals surface area contributed by atoms with Crippen molar-refractivity contribution in [1.82, 2.24) is 5.32 Å². The maximum absolute atomic E-state index is 13.9. The number of ether oxygens (including phenoxy) is 1. The number of aliphatic carboxylic acids is 2. The molecule has 4 aromatic rings. The molecular formula is C33H31F3N4O7. The summed E-state index contributed by atoms with van der Waals surface area (Å²) < 4.78 is 37.1. The van der Waals surface area contributed by atoms with Gasteiger partial charge < -0.3 is 31.3 Å². The third-order valence-electron chi connectivity index (χ3n) is 7.27. The molecule has 0 spiro atoms. The first-order chi connectivity index (χ1) is 22.2. The lowest BCUT2D eigenvalue weighted by Crippen LogP contribution is -2.37. The van der Waals surface area contributed by atoms with E-state index in [0.29, 0.717) is 34.6 Å². The number of aryl methyl sites for hydroxylation is 1. The number of amides is 2. The summed E-state index contributed by atoms with van der Waals surface area (Å²) in [5, 5.41) is 27.5. The second kappa shape index (κ2) is 14.5. The maximum atomic E-state index is 13.9. The number of nitrogens with one attached hydrogen (secondary N) is 3.